The summed E-state index contributed by atoms with van der Waals surface area (Å²) in [5.41, 5.74) is 0.790. The van der Waals surface area contributed by atoms with Crippen molar-refractivity contribution in [3.8, 4) is 0 Å². The number of carboxylic acid groups (broad SMARTS) is 1. The minimum atomic E-state index is -1.02. The largest absolute Gasteiger partial charge is 0.481 e. The monoisotopic (exact) mass is 430 g/mol. The molecule has 3 fully saturated rings. The van der Waals surface area contributed by atoms with Crippen molar-refractivity contribution in [2.45, 2.75) is 84.7 Å². The Bertz CT molecular complexity index is 843. The molecule has 4 aliphatic carbocycles. The van der Waals surface area contributed by atoms with Gasteiger partial charge in [0.25, 0.3) is 0 Å². The van der Waals surface area contributed by atoms with Gasteiger partial charge in [-0.25, -0.2) is 0 Å². The number of carboxylic acids is 1. The van der Waals surface area contributed by atoms with Crippen molar-refractivity contribution in [1.82, 2.24) is 0 Å². The Morgan fingerprint density at radius 3 is 2.55 bits per heavy atom. The van der Waals surface area contributed by atoms with Crippen molar-refractivity contribution in [3.05, 3.63) is 11.6 Å². The predicted octanol–water partition coefficient (Wildman–Crippen LogP) is 4.11. The summed E-state index contributed by atoms with van der Waals surface area (Å²) < 4.78 is 6.03. The number of carbonyl (C=O) groups is 4. The van der Waals surface area contributed by atoms with Gasteiger partial charge in [-0.15, -0.1) is 0 Å². The van der Waals surface area contributed by atoms with Crippen LogP contribution in [0.2, 0.25) is 0 Å². The van der Waals surface area contributed by atoms with Crippen LogP contribution < -0.4 is 0 Å². The minimum Gasteiger partial charge on any atom is -0.481 e. The van der Waals surface area contributed by atoms with Crippen LogP contribution in [0.3, 0.4) is 0 Å². The molecule has 4 unspecified atom stereocenters. The first kappa shape index (κ1) is 22.2. The fourth-order valence-electron chi connectivity index (χ4n) is 7.87. The molecule has 6 heteroatoms. The highest BCUT2D eigenvalue weighted by Gasteiger charge is 2.63. The van der Waals surface area contributed by atoms with E-state index in [-0.39, 0.29) is 53.2 Å². The first-order chi connectivity index (χ1) is 14.6. The standard InChI is InChI=1S/C25H34O6/c1-14(26)18-6-7-19-17-5-4-15-12-16(27)10-11-24(15,2)23(17)20(13-25(18,19)3)31-22(30)9-8-21(28)29/h12,17-20,23H,4-11,13H2,1-3H3,(H,28,29)/t17?,18?,19?,20-,23?,24+,25-/m1/s1. The zero-order valence-corrected chi connectivity index (χ0v) is 18.8. The zero-order valence-electron chi connectivity index (χ0n) is 18.8. The number of carbonyl (C=O) groups excluding carboxylic acids is 3. The molecule has 31 heavy (non-hydrogen) atoms. The normalized spacial score (nSPS) is 41.5. The number of rotatable bonds is 5. The molecule has 0 spiro atoms. The molecule has 6 nitrogen and oxygen atoms in total. The molecule has 0 radical (unpaired) electrons. The maximum atomic E-state index is 12.6. The molecule has 0 saturated heterocycles. The van der Waals surface area contributed by atoms with E-state index in [2.05, 4.69) is 13.8 Å². The van der Waals surface area contributed by atoms with Gasteiger partial charge < -0.3 is 9.84 Å². The summed E-state index contributed by atoms with van der Waals surface area (Å²) >= 11 is 0. The summed E-state index contributed by atoms with van der Waals surface area (Å²) in [5, 5.41) is 8.95. The van der Waals surface area contributed by atoms with Crippen molar-refractivity contribution < 1.29 is 29.0 Å². The van der Waals surface area contributed by atoms with Gasteiger partial charge in [0.1, 0.15) is 11.9 Å². The third-order valence-electron chi connectivity index (χ3n) is 9.19. The second-order valence-electron chi connectivity index (χ2n) is 10.8. The second-order valence-corrected chi connectivity index (χ2v) is 10.8. The van der Waals surface area contributed by atoms with E-state index < -0.39 is 11.9 Å². The average molecular weight is 431 g/mol. The number of ketones is 2. The summed E-state index contributed by atoms with van der Waals surface area (Å²) in [6, 6.07) is 0. The van der Waals surface area contributed by atoms with Crippen LogP contribution in [0.1, 0.15) is 78.6 Å². The Labute approximate surface area is 183 Å². The quantitative estimate of drug-likeness (QED) is 0.659. The van der Waals surface area contributed by atoms with Gasteiger partial charge in [0.15, 0.2) is 5.78 Å². The highest BCUT2D eigenvalue weighted by atomic mass is 16.5. The third kappa shape index (κ3) is 3.66. The Kier molecular flexibility index (Phi) is 5.63. The zero-order chi connectivity index (χ0) is 22.6. The predicted molar refractivity (Wildman–Crippen MR) is 113 cm³/mol. The lowest BCUT2D eigenvalue weighted by atomic mass is 9.46. The summed E-state index contributed by atoms with van der Waals surface area (Å²) in [7, 11) is 0. The minimum absolute atomic E-state index is 0.0173. The summed E-state index contributed by atoms with van der Waals surface area (Å²) in [6.07, 6.45) is 6.75. The molecule has 0 heterocycles. The van der Waals surface area contributed by atoms with Crippen molar-refractivity contribution in [2.24, 2.45) is 34.5 Å². The van der Waals surface area contributed by atoms with E-state index in [1.807, 2.05) is 6.08 Å². The molecule has 4 aliphatic rings. The van der Waals surface area contributed by atoms with Crippen LogP contribution >= 0.6 is 0 Å². The molecule has 170 valence electrons. The first-order valence-corrected chi connectivity index (χ1v) is 11.7. The van der Waals surface area contributed by atoms with E-state index in [1.165, 1.54) is 5.57 Å². The van der Waals surface area contributed by atoms with Gasteiger partial charge in [0.2, 0.25) is 0 Å². The fourth-order valence-corrected chi connectivity index (χ4v) is 7.87. The molecule has 0 aliphatic heterocycles. The molecule has 0 amide bonds. The van der Waals surface area contributed by atoms with Gasteiger partial charge in [-0.1, -0.05) is 19.4 Å². The highest BCUT2D eigenvalue weighted by Crippen LogP contribution is 2.67. The van der Waals surface area contributed by atoms with Gasteiger partial charge in [-0.3, -0.25) is 19.2 Å². The van der Waals surface area contributed by atoms with Crippen molar-refractivity contribution in [2.75, 3.05) is 0 Å². The number of aliphatic carboxylic acids is 1. The molecule has 0 aromatic heterocycles. The lowest BCUT2D eigenvalue weighted by Crippen LogP contribution is -2.58. The SMILES string of the molecule is CC(=O)C1CCC2C3CCC4=CC(=O)CC[C@]4(C)C3[C@H](OC(=O)CCC(=O)O)C[C@]12C. The number of fused-ring (bicyclic) bond motifs is 5. The Balaban J connectivity index is 1.70. The maximum Gasteiger partial charge on any atom is 0.306 e. The fraction of sp³-hybridized carbons (Fsp3) is 0.760. The molecular weight excluding hydrogens is 396 g/mol. The van der Waals surface area contributed by atoms with Crippen LogP contribution in [0.15, 0.2) is 11.6 Å². The van der Waals surface area contributed by atoms with Gasteiger partial charge >= 0.3 is 11.9 Å². The van der Waals surface area contributed by atoms with E-state index in [0.717, 1.165) is 32.1 Å². The summed E-state index contributed by atoms with van der Waals surface area (Å²) in [5.74, 6) is -0.248. The van der Waals surface area contributed by atoms with Crippen LogP contribution in [-0.2, 0) is 23.9 Å². The van der Waals surface area contributed by atoms with Crippen LogP contribution in [0.4, 0.5) is 0 Å². The summed E-state index contributed by atoms with van der Waals surface area (Å²) in [4.78, 5) is 48.1. The van der Waals surface area contributed by atoms with Gasteiger partial charge in [0, 0.05) is 18.3 Å². The Morgan fingerprint density at radius 1 is 1.13 bits per heavy atom. The maximum absolute atomic E-state index is 12.6. The molecule has 0 aromatic carbocycles. The molecule has 1 N–H and O–H groups in total. The Hall–Kier alpha value is -1.98. The van der Waals surface area contributed by atoms with Crippen molar-refractivity contribution in [1.29, 1.82) is 0 Å². The lowest BCUT2D eigenvalue weighted by Gasteiger charge is -2.60. The molecule has 3 saturated carbocycles. The second kappa shape index (κ2) is 7.86. The van der Waals surface area contributed by atoms with Crippen molar-refractivity contribution in [3.63, 3.8) is 0 Å². The third-order valence-corrected chi connectivity index (χ3v) is 9.19. The number of esters is 1. The van der Waals surface area contributed by atoms with Crippen LogP contribution in [0.5, 0.6) is 0 Å². The van der Waals surface area contributed by atoms with E-state index in [0.29, 0.717) is 24.7 Å². The lowest BCUT2D eigenvalue weighted by molar-refractivity contribution is -0.178. The number of ether oxygens (including phenoxy) is 1. The van der Waals surface area contributed by atoms with E-state index in [1.54, 1.807) is 6.92 Å². The smallest absolute Gasteiger partial charge is 0.306 e. The van der Waals surface area contributed by atoms with E-state index >= 15 is 0 Å². The topological polar surface area (TPSA) is 97.7 Å². The number of Topliss-reactive ketones (excluding diaryl/α,β-unsaturated/α-hetero) is 1. The molecule has 7 atom stereocenters. The van der Waals surface area contributed by atoms with E-state index in [4.69, 9.17) is 9.84 Å². The van der Waals surface area contributed by atoms with Gasteiger partial charge in [0.05, 0.1) is 12.8 Å². The molecule has 0 aromatic rings. The number of allylic oxidation sites excluding steroid dienone is 1. The van der Waals surface area contributed by atoms with E-state index in [9.17, 15) is 19.2 Å². The number of hydrogen-bond acceptors (Lipinski definition) is 5. The molecule has 4 rings (SSSR count). The van der Waals surface area contributed by atoms with Crippen LogP contribution in [-0.4, -0.2) is 34.7 Å². The van der Waals surface area contributed by atoms with Crippen molar-refractivity contribution >= 4 is 23.5 Å². The van der Waals surface area contributed by atoms with Gasteiger partial charge in [-0.2, -0.15) is 0 Å². The first-order valence-electron chi connectivity index (χ1n) is 11.7. The average Bonchev–Trinajstić information content (AvgIpc) is 3.03. The molecular formula is C25H34O6. The van der Waals surface area contributed by atoms with Crippen LogP contribution in [0, 0.1) is 34.5 Å². The van der Waals surface area contributed by atoms with Crippen LogP contribution in [0.25, 0.3) is 0 Å². The summed E-state index contributed by atoms with van der Waals surface area (Å²) in [6.45, 7) is 6.09. The Morgan fingerprint density at radius 2 is 1.87 bits per heavy atom. The number of hydrogen-bond donors (Lipinski definition) is 1. The highest BCUT2D eigenvalue weighted by molar-refractivity contribution is 5.91. The van der Waals surface area contributed by atoms with Gasteiger partial charge in [-0.05, 0) is 74.2 Å². The molecule has 0 bridgehead atoms.